The summed E-state index contributed by atoms with van der Waals surface area (Å²) >= 11 is 0. The van der Waals surface area contributed by atoms with Gasteiger partial charge in [0, 0.05) is 17.9 Å². The zero-order chi connectivity index (χ0) is 15.0. The molecule has 0 fully saturated rings. The minimum absolute atomic E-state index is 0.461. The second kappa shape index (κ2) is 5.41. The highest BCUT2D eigenvalue weighted by Gasteiger charge is 2.29. The first-order valence-electron chi connectivity index (χ1n) is 5.01. The van der Waals surface area contributed by atoms with Gasteiger partial charge in [-0.05, 0) is 6.42 Å². The average Bonchev–Trinajstić information content (AvgIpc) is 2.31. The molecule has 19 heavy (non-hydrogen) atoms. The minimum Gasteiger partial charge on any atom is -0.324 e. The molecule has 1 aromatic rings. The first-order valence-corrected chi connectivity index (χ1v) is 7.07. The molecule has 1 aromatic carbocycles. The summed E-state index contributed by atoms with van der Waals surface area (Å²) < 4.78 is 87.0. The van der Waals surface area contributed by atoms with Gasteiger partial charge in [-0.15, -0.1) is 0 Å². The molecule has 9 heteroatoms. The van der Waals surface area contributed by atoms with Gasteiger partial charge in [-0.3, -0.25) is 0 Å². The lowest BCUT2D eigenvalue weighted by Gasteiger charge is -2.14. The smallest absolute Gasteiger partial charge is 0.200 e. The molecule has 0 heterocycles. The molecule has 0 spiro atoms. The summed E-state index contributed by atoms with van der Waals surface area (Å²) in [6, 6.07) is -1.61. The van der Waals surface area contributed by atoms with E-state index in [9.17, 15) is 30.4 Å². The summed E-state index contributed by atoms with van der Waals surface area (Å²) in [5, 5.41) is 0. The monoisotopic (exact) mass is 303 g/mol. The molecule has 0 aliphatic heterocycles. The zero-order valence-corrected chi connectivity index (χ0v) is 10.5. The molecule has 0 radical (unpaired) electrons. The van der Waals surface area contributed by atoms with Crippen molar-refractivity contribution in [1.82, 2.24) is 0 Å². The molecule has 0 aliphatic rings. The number of benzene rings is 1. The van der Waals surface area contributed by atoms with E-state index in [1.165, 1.54) is 0 Å². The number of rotatable bonds is 4. The molecule has 108 valence electrons. The average molecular weight is 303 g/mol. The first kappa shape index (κ1) is 15.8. The summed E-state index contributed by atoms with van der Waals surface area (Å²) in [6.45, 7) is 0. The van der Waals surface area contributed by atoms with Gasteiger partial charge in [0.2, 0.25) is 5.82 Å². The van der Waals surface area contributed by atoms with E-state index in [0.29, 0.717) is 0 Å². The van der Waals surface area contributed by atoms with Crippen molar-refractivity contribution in [3.8, 4) is 0 Å². The number of nitrogens with two attached hydrogens (primary N) is 1. The second-order valence-corrected chi connectivity index (χ2v) is 6.27. The lowest BCUT2D eigenvalue weighted by Crippen LogP contribution is -2.20. The Morgan fingerprint density at radius 2 is 1.32 bits per heavy atom. The van der Waals surface area contributed by atoms with Crippen LogP contribution in [0.15, 0.2) is 0 Å². The summed E-state index contributed by atoms with van der Waals surface area (Å²) in [6.07, 6.45) is 0.398. The van der Waals surface area contributed by atoms with Crippen molar-refractivity contribution in [2.24, 2.45) is 5.73 Å². The van der Waals surface area contributed by atoms with Crippen LogP contribution in [0.4, 0.5) is 22.0 Å². The van der Waals surface area contributed by atoms with Gasteiger partial charge in [0.1, 0.15) is 9.84 Å². The summed E-state index contributed by atoms with van der Waals surface area (Å²) in [4.78, 5) is 0. The fourth-order valence-electron chi connectivity index (χ4n) is 1.43. The topological polar surface area (TPSA) is 60.2 Å². The quantitative estimate of drug-likeness (QED) is 0.524. The number of hydrogen-bond donors (Lipinski definition) is 1. The Labute approximate surface area is 106 Å². The van der Waals surface area contributed by atoms with Gasteiger partial charge in [0.15, 0.2) is 23.3 Å². The molecule has 1 atom stereocenters. The van der Waals surface area contributed by atoms with Crippen LogP contribution in [-0.4, -0.2) is 20.4 Å². The van der Waals surface area contributed by atoms with E-state index < -0.39 is 62.7 Å². The van der Waals surface area contributed by atoms with E-state index in [-0.39, 0.29) is 0 Å². The van der Waals surface area contributed by atoms with E-state index >= 15 is 0 Å². The van der Waals surface area contributed by atoms with Crippen LogP contribution in [0.2, 0.25) is 0 Å². The van der Waals surface area contributed by atoms with E-state index in [1.807, 2.05) is 0 Å². The predicted molar refractivity (Wildman–Crippen MR) is 57.5 cm³/mol. The maximum absolute atomic E-state index is 13.3. The Hall–Kier alpha value is -1.22. The maximum Gasteiger partial charge on any atom is 0.200 e. The van der Waals surface area contributed by atoms with Gasteiger partial charge in [-0.1, -0.05) is 0 Å². The van der Waals surface area contributed by atoms with E-state index in [0.717, 1.165) is 6.26 Å². The zero-order valence-electron chi connectivity index (χ0n) is 9.68. The third-order valence-electron chi connectivity index (χ3n) is 2.41. The standard InChI is InChI=1S/C10H10F5NO2S/c1-19(17,18)3-2-4(16)5-6(11)8(13)10(15)9(14)7(5)12/h4H,2-3,16H2,1H3. The third kappa shape index (κ3) is 3.41. The minimum atomic E-state index is -3.47. The van der Waals surface area contributed by atoms with E-state index in [2.05, 4.69) is 0 Å². The summed E-state index contributed by atoms with van der Waals surface area (Å²) in [5.74, 6) is -11.1. The normalized spacial score (nSPS) is 13.6. The molecule has 3 nitrogen and oxygen atoms in total. The molecular weight excluding hydrogens is 293 g/mol. The lowest BCUT2D eigenvalue weighted by molar-refractivity contribution is 0.363. The van der Waals surface area contributed by atoms with Crippen LogP contribution < -0.4 is 5.73 Å². The van der Waals surface area contributed by atoms with Crippen LogP contribution in [-0.2, 0) is 9.84 Å². The Morgan fingerprint density at radius 3 is 1.68 bits per heavy atom. The van der Waals surface area contributed by atoms with Gasteiger partial charge >= 0.3 is 0 Å². The fourth-order valence-corrected chi connectivity index (χ4v) is 2.11. The van der Waals surface area contributed by atoms with Gasteiger partial charge in [0.05, 0.1) is 5.75 Å². The first-order chi connectivity index (χ1) is 8.56. The molecule has 0 saturated heterocycles. The lowest BCUT2D eigenvalue weighted by atomic mass is 10.0. The third-order valence-corrected chi connectivity index (χ3v) is 3.39. The summed E-state index contributed by atoms with van der Waals surface area (Å²) in [5.41, 5.74) is 4.08. The van der Waals surface area contributed by atoms with Crippen molar-refractivity contribution in [2.75, 3.05) is 12.0 Å². The van der Waals surface area contributed by atoms with Crippen molar-refractivity contribution in [1.29, 1.82) is 0 Å². The van der Waals surface area contributed by atoms with Crippen molar-refractivity contribution in [3.63, 3.8) is 0 Å². The number of sulfone groups is 1. The Kier molecular flexibility index (Phi) is 4.51. The molecule has 0 aromatic heterocycles. The highest BCUT2D eigenvalue weighted by Crippen LogP contribution is 2.28. The van der Waals surface area contributed by atoms with Gasteiger partial charge in [0.25, 0.3) is 0 Å². The molecule has 0 bridgehead atoms. The van der Waals surface area contributed by atoms with Crippen molar-refractivity contribution in [3.05, 3.63) is 34.6 Å². The van der Waals surface area contributed by atoms with Crippen molar-refractivity contribution in [2.45, 2.75) is 12.5 Å². The van der Waals surface area contributed by atoms with Gasteiger partial charge < -0.3 is 5.73 Å². The highest BCUT2D eigenvalue weighted by molar-refractivity contribution is 7.90. The van der Waals surface area contributed by atoms with Crippen LogP contribution in [0, 0.1) is 29.1 Å². The molecule has 1 rings (SSSR count). The highest BCUT2D eigenvalue weighted by atomic mass is 32.2. The van der Waals surface area contributed by atoms with Crippen molar-refractivity contribution < 1.29 is 30.4 Å². The van der Waals surface area contributed by atoms with Crippen molar-refractivity contribution >= 4 is 9.84 Å². The van der Waals surface area contributed by atoms with Crippen LogP contribution in [0.25, 0.3) is 0 Å². The second-order valence-electron chi connectivity index (χ2n) is 4.01. The molecular formula is C10H10F5NO2S. The summed E-state index contributed by atoms with van der Waals surface area (Å²) in [7, 11) is -3.47. The number of halogens is 5. The predicted octanol–water partition coefficient (Wildman–Crippen LogP) is 1.82. The Bertz CT molecular complexity index is 573. The van der Waals surface area contributed by atoms with Crippen LogP contribution in [0.5, 0.6) is 0 Å². The van der Waals surface area contributed by atoms with Crippen LogP contribution in [0.1, 0.15) is 18.0 Å². The largest absolute Gasteiger partial charge is 0.324 e. The molecule has 0 amide bonds. The molecule has 0 aliphatic carbocycles. The number of hydrogen-bond acceptors (Lipinski definition) is 3. The van der Waals surface area contributed by atoms with Crippen LogP contribution in [0.3, 0.4) is 0 Å². The molecule has 1 unspecified atom stereocenters. The maximum atomic E-state index is 13.3. The van der Waals surface area contributed by atoms with Gasteiger partial charge in [-0.25, -0.2) is 30.4 Å². The fraction of sp³-hybridized carbons (Fsp3) is 0.400. The Morgan fingerprint density at radius 1 is 0.947 bits per heavy atom. The molecule has 0 saturated carbocycles. The SMILES string of the molecule is CS(=O)(=O)CCC(N)c1c(F)c(F)c(F)c(F)c1F. The van der Waals surface area contributed by atoms with E-state index in [4.69, 9.17) is 5.73 Å². The molecule has 2 N–H and O–H groups in total. The van der Waals surface area contributed by atoms with Gasteiger partial charge in [-0.2, -0.15) is 0 Å². The Balaban J connectivity index is 3.20. The van der Waals surface area contributed by atoms with Crippen LogP contribution >= 0.6 is 0 Å². The van der Waals surface area contributed by atoms with E-state index in [1.54, 1.807) is 0 Å².